The molecule has 1 aliphatic heterocycles. The Bertz CT molecular complexity index is 958. The van der Waals surface area contributed by atoms with Gasteiger partial charge in [0.05, 0.1) is 12.5 Å². The molecule has 162 valence electrons. The van der Waals surface area contributed by atoms with E-state index in [0.717, 1.165) is 44.3 Å². The summed E-state index contributed by atoms with van der Waals surface area (Å²) < 4.78 is 5.45. The first-order valence-electron chi connectivity index (χ1n) is 11.1. The van der Waals surface area contributed by atoms with Gasteiger partial charge in [-0.05, 0) is 44.7 Å². The van der Waals surface area contributed by atoms with Crippen molar-refractivity contribution in [2.45, 2.75) is 45.2 Å². The molecular weight excluding hydrogens is 388 g/mol. The van der Waals surface area contributed by atoms with E-state index in [-0.39, 0.29) is 17.9 Å². The summed E-state index contributed by atoms with van der Waals surface area (Å²) in [5.74, 6) is 1.36. The van der Waals surface area contributed by atoms with Gasteiger partial charge < -0.3 is 9.84 Å². The summed E-state index contributed by atoms with van der Waals surface area (Å²) in [5.41, 5.74) is 2.25. The van der Waals surface area contributed by atoms with E-state index in [1.54, 1.807) is 0 Å². The van der Waals surface area contributed by atoms with E-state index >= 15 is 0 Å². The number of piperidine rings is 1. The first-order valence-corrected chi connectivity index (χ1v) is 11.1. The summed E-state index contributed by atoms with van der Waals surface area (Å²) in [6.45, 7) is 4.33. The third kappa shape index (κ3) is 6.01. The zero-order valence-corrected chi connectivity index (χ0v) is 18.0. The lowest BCUT2D eigenvalue weighted by Gasteiger charge is -2.31. The van der Waals surface area contributed by atoms with E-state index in [1.165, 1.54) is 5.56 Å². The van der Waals surface area contributed by atoms with E-state index in [9.17, 15) is 4.79 Å². The zero-order valence-electron chi connectivity index (χ0n) is 18.0. The molecule has 2 atom stereocenters. The van der Waals surface area contributed by atoms with Crippen molar-refractivity contribution < 1.29 is 9.32 Å². The van der Waals surface area contributed by atoms with Gasteiger partial charge in [0.25, 0.3) is 0 Å². The molecule has 1 saturated heterocycles. The fraction of sp³-hybridized carbons (Fsp3) is 0.400. The Hall–Kier alpha value is -2.99. The maximum atomic E-state index is 12.8. The Morgan fingerprint density at radius 2 is 1.90 bits per heavy atom. The van der Waals surface area contributed by atoms with Gasteiger partial charge in [0.15, 0.2) is 0 Å². The second kappa shape index (κ2) is 10.4. The van der Waals surface area contributed by atoms with E-state index in [0.29, 0.717) is 18.3 Å². The molecule has 1 fully saturated rings. The predicted molar refractivity (Wildman–Crippen MR) is 120 cm³/mol. The lowest BCUT2D eigenvalue weighted by Crippen LogP contribution is -2.45. The minimum atomic E-state index is 0.00411. The number of hydrogen-bond acceptors (Lipinski definition) is 5. The topological polar surface area (TPSA) is 71.3 Å². The number of benzene rings is 2. The quantitative estimate of drug-likeness (QED) is 0.597. The average Bonchev–Trinajstić information content (AvgIpc) is 3.27. The van der Waals surface area contributed by atoms with Gasteiger partial charge in [-0.2, -0.15) is 4.98 Å². The van der Waals surface area contributed by atoms with Gasteiger partial charge in [-0.3, -0.25) is 9.69 Å². The first-order chi connectivity index (χ1) is 15.2. The number of aryl methyl sites for hydroxylation is 1. The van der Waals surface area contributed by atoms with Crippen LogP contribution in [0.25, 0.3) is 11.4 Å². The van der Waals surface area contributed by atoms with E-state index < -0.39 is 0 Å². The number of aromatic nitrogens is 2. The number of hydrogen-bond donors (Lipinski definition) is 1. The summed E-state index contributed by atoms with van der Waals surface area (Å²) in [5, 5.41) is 7.31. The summed E-state index contributed by atoms with van der Waals surface area (Å²) in [6.07, 6.45) is 3.83. The SMILES string of the molecule is CC(CCc1ccccc1)NC(=O)C1CCCN(Cc2nc(-c3ccccc3)no2)C1. The molecular formula is C25H30N4O2. The van der Waals surface area contributed by atoms with Gasteiger partial charge in [-0.15, -0.1) is 0 Å². The Morgan fingerprint density at radius 3 is 2.68 bits per heavy atom. The normalized spacial score (nSPS) is 17.9. The van der Waals surface area contributed by atoms with Gasteiger partial charge >= 0.3 is 0 Å². The molecule has 6 heteroatoms. The standard InChI is InChI=1S/C25H30N4O2/c1-19(14-15-20-9-4-2-5-10-20)26-25(30)22-13-8-16-29(17-22)18-23-27-24(28-31-23)21-11-6-3-7-12-21/h2-7,9-12,19,22H,8,13-18H2,1H3,(H,26,30). The maximum Gasteiger partial charge on any atom is 0.241 e. The molecule has 2 aromatic carbocycles. The number of carbonyl (C=O) groups excluding carboxylic acids is 1. The summed E-state index contributed by atoms with van der Waals surface area (Å²) >= 11 is 0. The predicted octanol–water partition coefficient (Wildman–Crippen LogP) is 4.09. The Balaban J connectivity index is 1.26. The van der Waals surface area contributed by atoms with Crippen LogP contribution in [-0.2, 0) is 17.8 Å². The Morgan fingerprint density at radius 1 is 1.16 bits per heavy atom. The molecule has 0 radical (unpaired) electrons. The Labute approximate surface area is 183 Å². The highest BCUT2D eigenvalue weighted by Crippen LogP contribution is 2.20. The minimum Gasteiger partial charge on any atom is -0.353 e. The van der Waals surface area contributed by atoms with Gasteiger partial charge in [0.1, 0.15) is 0 Å². The summed E-state index contributed by atoms with van der Waals surface area (Å²) in [6, 6.07) is 20.4. The van der Waals surface area contributed by atoms with Crippen LogP contribution in [0.4, 0.5) is 0 Å². The van der Waals surface area contributed by atoms with Crippen molar-refractivity contribution in [2.24, 2.45) is 5.92 Å². The van der Waals surface area contributed by atoms with Crippen LogP contribution in [0.1, 0.15) is 37.6 Å². The average molecular weight is 419 g/mol. The molecule has 1 aromatic heterocycles. The smallest absolute Gasteiger partial charge is 0.241 e. The van der Waals surface area contributed by atoms with Crippen LogP contribution in [0.5, 0.6) is 0 Å². The number of rotatable bonds is 8. The van der Waals surface area contributed by atoms with Crippen LogP contribution in [-0.4, -0.2) is 40.1 Å². The fourth-order valence-electron chi connectivity index (χ4n) is 4.09. The number of amides is 1. The molecule has 0 saturated carbocycles. The van der Waals surface area contributed by atoms with Crippen LogP contribution in [0.2, 0.25) is 0 Å². The van der Waals surface area contributed by atoms with E-state index in [2.05, 4.69) is 51.5 Å². The third-order valence-electron chi connectivity index (χ3n) is 5.83. The van der Waals surface area contributed by atoms with Crippen molar-refractivity contribution in [1.82, 2.24) is 20.4 Å². The molecule has 0 spiro atoms. The van der Waals surface area contributed by atoms with Gasteiger partial charge in [0, 0.05) is 18.2 Å². The van der Waals surface area contributed by atoms with Crippen molar-refractivity contribution in [3.63, 3.8) is 0 Å². The Kier molecular flexibility index (Phi) is 7.10. The lowest BCUT2D eigenvalue weighted by atomic mass is 9.96. The highest BCUT2D eigenvalue weighted by molar-refractivity contribution is 5.79. The fourth-order valence-corrected chi connectivity index (χ4v) is 4.09. The van der Waals surface area contributed by atoms with Crippen LogP contribution in [0.3, 0.4) is 0 Å². The van der Waals surface area contributed by atoms with Crippen molar-refractivity contribution in [1.29, 1.82) is 0 Å². The molecule has 1 aliphatic rings. The van der Waals surface area contributed by atoms with Gasteiger partial charge in [-0.25, -0.2) is 0 Å². The number of nitrogens with zero attached hydrogens (tertiary/aromatic N) is 3. The second-order valence-electron chi connectivity index (χ2n) is 8.39. The van der Waals surface area contributed by atoms with Crippen molar-refractivity contribution in [2.75, 3.05) is 13.1 Å². The van der Waals surface area contributed by atoms with Gasteiger partial charge in [-0.1, -0.05) is 65.8 Å². The van der Waals surface area contributed by atoms with Gasteiger partial charge in [0.2, 0.25) is 17.6 Å². The highest BCUT2D eigenvalue weighted by Gasteiger charge is 2.27. The molecule has 6 nitrogen and oxygen atoms in total. The molecule has 3 aromatic rings. The lowest BCUT2D eigenvalue weighted by molar-refractivity contribution is -0.127. The second-order valence-corrected chi connectivity index (χ2v) is 8.39. The number of carbonyl (C=O) groups is 1. The number of nitrogens with one attached hydrogen (secondary N) is 1. The molecule has 2 unspecified atom stereocenters. The van der Waals surface area contributed by atoms with Crippen LogP contribution >= 0.6 is 0 Å². The van der Waals surface area contributed by atoms with Crippen LogP contribution in [0.15, 0.2) is 65.2 Å². The van der Waals surface area contributed by atoms with Crippen LogP contribution < -0.4 is 5.32 Å². The molecule has 0 bridgehead atoms. The minimum absolute atomic E-state index is 0.00411. The third-order valence-corrected chi connectivity index (χ3v) is 5.83. The molecule has 4 rings (SSSR count). The maximum absolute atomic E-state index is 12.8. The summed E-state index contributed by atoms with van der Waals surface area (Å²) in [7, 11) is 0. The highest BCUT2D eigenvalue weighted by atomic mass is 16.5. The molecule has 2 heterocycles. The van der Waals surface area contributed by atoms with E-state index in [1.807, 2.05) is 36.4 Å². The monoisotopic (exact) mass is 418 g/mol. The molecule has 1 N–H and O–H groups in total. The van der Waals surface area contributed by atoms with Crippen LogP contribution in [0, 0.1) is 5.92 Å². The van der Waals surface area contributed by atoms with Crippen molar-refractivity contribution in [3.8, 4) is 11.4 Å². The molecule has 31 heavy (non-hydrogen) atoms. The summed E-state index contributed by atoms with van der Waals surface area (Å²) in [4.78, 5) is 19.6. The van der Waals surface area contributed by atoms with E-state index in [4.69, 9.17) is 4.52 Å². The number of likely N-dealkylation sites (tertiary alicyclic amines) is 1. The van der Waals surface area contributed by atoms with Crippen molar-refractivity contribution in [3.05, 3.63) is 72.1 Å². The first kappa shape index (κ1) is 21.2. The largest absolute Gasteiger partial charge is 0.353 e. The van der Waals surface area contributed by atoms with Crippen molar-refractivity contribution >= 4 is 5.91 Å². The molecule has 0 aliphatic carbocycles. The molecule has 1 amide bonds. The zero-order chi connectivity index (χ0) is 21.5.